The lowest BCUT2D eigenvalue weighted by Gasteiger charge is -2.10. The molecule has 0 unspecified atom stereocenters. The lowest BCUT2D eigenvalue weighted by atomic mass is 10.0. The normalized spacial score (nSPS) is 13.4. The van der Waals surface area contributed by atoms with Gasteiger partial charge in [-0.1, -0.05) is 12.1 Å². The van der Waals surface area contributed by atoms with Crippen LogP contribution in [0.3, 0.4) is 0 Å². The van der Waals surface area contributed by atoms with Gasteiger partial charge in [0.25, 0.3) is 0 Å². The highest BCUT2D eigenvalue weighted by Gasteiger charge is 2.16. The SMILES string of the molecule is COc1ncc(-c2cc(C)c3ccc4c(c3n2)CCC4)cn1. The number of pyridine rings is 1. The summed E-state index contributed by atoms with van der Waals surface area (Å²) in [6, 6.07) is 6.95. The number of aryl methyl sites for hydroxylation is 3. The van der Waals surface area contributed by atoms with Crippen LogP contribution in [-0.4, -0.2) is 22.1 Å². The molecule has 0 saturated carbocycles. The molecule has 0 amide bonds. The Morgan fingerprint density at radius 1 is 1.09 bits per heavy atom. The van der Waals surface area contributed by atoms with Gasteiger partial charge in [0.2, 0.25) is 0 Å². The number of ether oxygens (including phenoxy) is 1. The van der Waals surface area contributed by atoms with E-state index < -0.39 is 0 Å². The van der Waals surface area contributed by atoms with E-state index in [1.807, 2.05) is 0 Å². The Bertz CT molecular complexity index is 856. The Labute approximate surface area is 129 Å². The van der Waals surface area contributed by atoms with Crippen LogP contribution in [0.2, 0.25) is 0 Å². The van der Waals surface area contributed by atoms with Crippen molar-refractivity contribution in [2.75, 3.05) is 7.11 Å². The number of hydrogen-bond donors (Lipinski definition) is 0. The van der Waals surface area contributed by atoms with Crippen molar-refractivity contribution in [3.8, 4) is 17.3 Å². The highest BCUT2D eigenvalue weighted by molar-refractivity contribution is 5.88. The molecule has 3 aromatic rings. The third-order valence-electron chi connectivity index (χ3n) is 4.37. The van der Waals surface area contributed by atoms with Crippen LogP contribution in [0, 0.1) is 6.92 Å². The van der Waals surface area contributed by atoms with Crippen molar-refractivity contribution in [1.82, 2.24) is 15.0 Å². The minimum Gasteiger partial charge on any atom is -0.467 e. The number of methoxy groups -OCH3 is 1. The zero-order valence-corrected chi connectivity index (χ0v) is 12.8. The van der Waals surface area contributed by atoms with Crippen LogP contribution in [-0.2, 0) is 12.8 Å². The molecule has 2 aromatic heterocycles. The lowest BCUT2D eigenvalue weighted by molar-refractivity contribution is 0.380. The topological polar surface area (TPSA) is 47.9 Å². The average molecular weight is 291 g/mol. The lowest BCUT2D eigenvalue weighted by Crippen LogP contribution is -1.96. The second-order valence-corrected chi connectivity index (χ2v) is 5.74. The molecule has 0 fully saturated rings. The molecule has 1 aliphatic carbocycles. The maximum atomic E-state index is 5.02. The molecule has 0 saturated heterocycles. The molecule has 2 heterocycles. The zero-order valence-electron chi connectivity index (χ0n) is 12.8. The smallest absolute Gasteiger partial charge is 0.316 e. The van der Waals surface area contributed by atoms with Crippen LogP contribution >= 0.6 is 0 Å². The van der Waals surface area contributed by atoms with E-state index in [2.05, 4.69) is 35.1 Å². The van der Waals surface area contributed by atoms with Crippen molar-refractivity contribution in [3.63, 3.8) is 0 Å². The predicted molar refractivity (Wildman–Crippen MR) is 86.1 cm³/mol. The molecule has 110 valence electrons. The van der Waals surface area contributed by atoms with Crippen LogP contribution in [0.1, 0.15) is 23.1 Å². The summed E-state index contributed by atoms with van der Waals surface area (Å²) in [7, 11) is 1.57. The van der Waals surface area contributed by atoms with Gasteiger partial charge in [-0.3, -0.25) is 0 Å². The van der Waals surface area contributed by atoms with Gasteiger partial charge >= 0.3 is 6.01 Å². The molecule has 4 nitrogen and oxygen atoms in total. The molecule has 0 atom stereocenters. The minimum absolute atomic E-state index is 0.377. The first-order chi connectivity index (χ1) is 10.8. The van der Waals surface area contributed by atoms with E-state index in [9.17, 15) is 0 Å². The second kappa shape index (κ2) is 5.05. The predicted octanol–water partition coefficient (Wildman–Crippen LogP) is 3.50. The number of aromatic nitrogens is 3. The highest BCUT2D eigenvalue weighted by atomic mass is 16.5. The van der Waals surface area contributed by atoms with Crippen LogP contribution < -0.4 is 4.74 Å². The van der Waals surface area contributed by atoms with Gasteiger partial charge in [-0.05, 0) is 48.9 Å². The van der Waals surface area contributed by atoms with Gasteiger partial charge in [-0.2, -0.15) is 0 Å². The largest absolute Gasteiger partial charge is 0.467 e. The second-order valence-electron chi connectivity index (χ2n) is 5.74. The van der Waals surface area contributed by atoms with Gasteiger partial charge in [-0.15, -0.1) is 0 Å². The Kier molecular flexibility index (Phi) is 3.03. The number of benzene rings is 1. The Balaban J connectivity index is 1.91. The molecular formula is C18H17N3O. The fraction of sp³-hybridized carbons (Fsp3) is 0.278. The first-order valence-electron chi connectivity index (χ1n) is 7.55. The molecule has 0 N–H and O–H groups in total. The van der Waals surface area contributed by atoms with Crippen LogP contribution in [0.15, 0.2) is 30.6 Å². The van der Waals surface area contributed by atoms with Gasteiger partial charge in [0.05, 0.1) is 18.3 Å². The third-order valence-corrected chi connectivity index (χ3v) is 4.37. The summed E-state index contributed by atoms with van der Waals surface area (Å²) >= 11 is 0. The molecule has 22 heavy (non-hydrogen) atoms. The number of hydrogen-bond acceptors (Lipinski definition) is 4. The van der Waals surface area contributed by atoms with Crippen LogP contribution in [0.4, 0.5) is 0 Å². The molecule has 4 rings (SSSR count). The molecular weight excluding hydrogens is 274 g/mol. The Morgan fingerprint density at radius 2 is 1.91 bits per heavy atom. The first kappa shape index (κ1) is 13.2. The zero-order chi connectivity index (χ0) is 15.1. The molecule has 0 radical (unpaired) electrons. The minimum atomic E-state index is 0.377. The number of fused-ring (bicyclic) bond motifs is 3. The van der Waals surface area contributed by atoms with Crippen molar-refractivity contribution in [3.05, 3.63) is 47.3 Å². The maximum absolute atomic E-state index is 5.02. The fourth-order valence-electron chi connectivity index (χ4n) is 3.23. The fourth-order valence-corrected chi connectivity index (χ4v) is 3.23. The number of nitrogens with zero attached hydrogens (tertiary/aromatic N) is 3. The first-order valence-corrected chi connectivity index (χ1v) is 7.55. The van der Waals surface area contributed by atoms with E-state index in [0.29, 0.717) is 6.01 Å². The van der Waals surface area contributed by atoms with Gasteiger partial charge in [0, 0.05) is 23.3 Å². The summed E-state index contributed by atoms with van der Waals surface area (Å²) < 4.78 is 5.02. The van der Waals surface area contributed by atoms with E-state index in [-0.39, 0.29) is 0 Å². The summed E-state index contributed by atoms with van der Waals surface area (Å²) in [5.41, 5.74) is 7.08. The summed E-state index contributed by atoms with van der Waals surface area (Å²) in [4.78, 5) is 13.3. The summed E-state index contributed by atoms with van der Waals surface area (Å²) in [6.45, 7) is 2.14. The Hall–Kier alpha value is -2.49. The van der Waals surface area contributed by atoms with Gasteiger partial charge < -0.3 is 4.74 Å². The molecule has 1 aliphatic rings. The van der Waals surface area contributed by atoms with Crippen molar-refractivity contribution in [2.24, 2.45) is 0 Å². The average Bonchev–Trinajstić information content (AvgIpc) is 3.04. The van der Waals surface area contributed by atoms with E-state index in [1.165, 1.54) is 34.9 Å². The standard InChI is InChI=1S/C18H17N3O/c1-11-8-16(13-9-19-18(22-2)20-10-13)21-17-14(11)7-6-12-4-3-5-15(12)17/h6-10H,3-5H2,1-2H3. The third kappa shape index (κ3) is 2.03. The van der Waals surface area contributed by atoms with Gasteiger partial charge in [0.15, 0.2) is 0 Å². The molecule has 0 bridgehead atoms. The monoisotopic (exact) mass is 291 g/mol. The van der Waals surface area contributed by atoms with Crippen molar-refractivity contribution >= 4 is 10.9 Å². The molecule has 4 heteroatoms. The van der Waals surface area contributed by atoms with Gasteiger partial charge in [0.1, 0.15) is 0 Å². The highest BCUT2D eigenvalue weighted by Crippen LogP contribution is 2.32. The van der Waals surface area contributed by atoms with Crippen LogP contribution in [0.25, 0.3) is 22.2 Å². The van der Waals surface area contributed by atoms with E-state index in [0.717, 1.165) is 23.2 Å². The van der Waals surface area contributed by atoms with Crippen molar-refractivity contribution < 1.29 is 4.74 Å². The summed E-state index contributed by atoms with van der Waals surface area (Å²) in [6.07, 6.45) is 7.06. The van der Waals surface area contributed by atoms with E-state index >= 15 is 0 Å². The summed E-state index contributed by atoms with van der Waals surface area (Å²) in [5.74, 6) is 0. The Morgan fingerprint density at radius 3 is 2.68 bits per heavy atom. The molecule has 1 aromatic carbocycles. The van der Waals surface area contributed by atoms with E-state index in [1.54, 1.807) is 19.5 Å². The molecule has 0 aliphatic heterocycles. The van der Waals surface area contributed by atoms with E-state index in [4.69, 9.17) is 9.72 Å². The summed E-state index contributed by atoms with van der Waals surface area (Å²) in [5, 5.41) is 1.25. The van der Waals surface area contributed by atoms with Crippen molar-refractivity contribution in [2.45, 2.75) is 26.2 Å². The van der Waals surface area contributed by atoms with Crippen LogP contribution in [0.5, 0.6) is 6.01 Å². The quantitative estimate of drug-likeness (QED) is 0.725. The molecule has 0 spiro atoms. The van der Waals surface area contributed by atoms with Gasteiger partial charge in [-0.25, -0.2) is 15.0 Å². The van der Waals surface area contributed by atoms with Crippen molar-refractivity contribution in [1.29, 1.82) is 0 Å². The maximum Gasteiger partial charge on any atom is 0.316 e. The number of rotatable bonds is 2.